The van der Waals surface area contributed by atoms with Crippen LogP contribution in [-0.2, 0) is 27.3 Å². The zero-order valence-electron chi connectivity index (χ0n) is 19.8. The monoisotopic (exact) mass is 480 g/mol. The van der Waals surface area contributed by atoms with Gasteiger partial charge in [-0.15, -0.1) is 0 Å². The number of para-hydroxylation sites is 1. The molecule has 186 valence electrons. The molecule has 8 heteroatoms. The van der Waals surface area contributed by atoms with Crippen molar-refractivity contribution in [3.05, 3.63) is 65.7 Å². The Morgan fingerprint density at radius 3 is 2.23 bits per heavy atom. The van der Waals surface area contributed by atoms with E-state index < -0.39 is 5.97 Å². The molecule has 0 saturated carbocycles. The molecule has 2 bridgehead atoms. The molecule has 2 aromatic carbocycles. The molecule has 3 saturated heterocycles. The van der Waals surface area contributed by atoms with Gasteiger partial charge in [0.15, 0.2) is 0 Å². The van der Waals surface area contributed by atoms with Crippen LogP contribution in [0, 0.1) is 5.92 Å². The number of piperidine rings is 3. The van der Waals surface area contributed by atoms with E-state index >= 15 is 0 Å². The summed E-state index contributed by atoms with van der Waals surface area (Å²) in [6, 6.07) is 17.4. The SMILES string of the molecule is O=C(O)CCC(=O)OC1CN2CCC1CC2.O=C(Oc1ccccc1)N1CCc2ccccc2C1. The molecule has 1 unspecified atom stereocenters. The molecular weight excluding hydrogens is 448 g/mol. The van der Waals surface area contributed by atoms with Crippen molar-refractivity contribution in [1.82, 2.24) is 9.80 Å². The lowest BCUT2D eigenvalue weighted by molar-refractivity contribution is -0.160. The first-order valence-electron chi connectivity index (χ1n) is 12.2. The number of amides is 1. The number of fused-ring (bicyclic) bond motifs is 4. The van der Waals surface area contributed by atoms with Gasteiger partial charge in [0.1, 0.15) is 11.9 Å². The third-order valence-electron chi connectivity index (χ3n) is 6.76. The lowest BCUT2D eigenvalue weighted by Gasteiger charge is -2.43. The van der Waals surface area contributed by atoms with Gasteiger partial charge in [0.05, 0.1) is 12.8 Å². The Balaban J connectivity index is 0.000000168. The lowest BCUT2D eigenvalue weighted by atomic mass is 9.86. The highest BCUT2D eigenvalue weighted by Gasteiger charge is 2.36. The van der Waals surface area contributed by atoms with E-state index in [9.17, 15) is 14.4 Å². The second-order valence-corrected chi connectivity index (χ2v) is 9.18. The molecule has 1 amide bonds. The number of ether oxygens (including phenoxy) is 2. The smallest absolute Gasteiger partial charge is 0.415 e. The summed E-state index contributed by atoms with van der Waals surface area (Å²) in [6.07, 6.45) is 2.64. The Hall–Kier alpha value is -3.39. The largest absolute Gasteiger partial charge is 0.481 e. The number of rotatable bonds is 5. The van der Waals surface area contributed by atoms with Crippen molar-refractivity contribution in [2.45, 2.75) is 44.8 Å². The fourth-order valence-electron chi connectivity index (χ4n) is 4.79. The molecule has 2 aromatic rings. The number of benzene rings is 2. The standard InChI is InChI=1S/C16H15NO2.C11H17NO4/c18-16(19-15-8-2-1-3-9-15)17-11-10-13-6-4-5-7-14(13)12-17;13-10(14)1-2-11(15)16-9-7-12-5-3-8(9)4-6-12/h1-9H,10-12H2;8-9H,1-7H2,(H,13,14). The summed E-state index contributed by atoms with van der Waals surface area (Å²) in [5, 5.41) is 8.46. The van der Waals surface area contributed by atoms with Crippen molar-refractivity contribution in [3.63, 3.8) is 0 Å². The van der Waals surface area contributed by atoms with Crippen LogP contribution in [0.1, 0.15) is 36.8 Å². The molecular formula is C27H32N2O6. The molecule has 0 spiro atoms. The van der Waals surface area contributed by atoms with Crippen LogP contribution in [0.3, 0.4) is 0 Å². The number of aliphatic carboxylic acids is 1. The normalized spacial score (nSPS) is 22.3. The van der Waals surface area contributed by atoms with E-state index in [1.54, 1.807) is 17.0 Å². The highest BCUT2D eigenvalue weighted by molar-refractivity contribution is 5.76. The van der Waals surface area contributed by atoms with Crippen molar-refractivity contribution in [3.8, 4) is 5.75 Å². The Bertz CT molecular complexity index is 1020. The number of hydrogen-bond acceptors (Lipinski definition) is 6. The van der Waals surface area contributed by atoms with Gasteiger partial charge in [-0.3, -0.25) is 14.5 Å². The van der Waals surface area contributed by atoms with E-state index in [0.717, 1.165) is 38.9 Å². The van der Waals surface area contributed by atoms with Gasteiger partial charge in [-0.1, -0.05) is 42.5 Å². The molecule has 0 aliphatic carbocycles. The third kappa shape index (κ3) is 7.05. The number of carboxylic acid groups (broad SMARTS) is 1. The fourth-order valence-corrected chi connectivity index (χ4v) is 4.79. The maximum atomic E-state index is 12.1. The number of nitrogens with zero attached hydrogens (tertiary/aromatic N) is 2. The van der Waals surface area contributed by atoms with E-state index in [1.165, 1.54) is 11.1 Å². The average molecular weight is 481 g/mol. The molecule has 4 aliphatic heterocycles. The molecule has 8 nitrogen and oxygen atoms in total. The summed E-state index contributed by atoms with van der Waals surface area (Å²) >= 11 is 0. The van der Waals surface area contributed by atoms with Crippen molar-refractivity contribution in [1.29, 1.82) is 0 Å². The van der Waals surface area contributed by atoms with E-state index in [2.05, 4.69) is 17.0 Å². The molecule has 4 aliphatic rings. The van der Waals surface area contributed by atoms with Crippen LogP contribution in [0.25, 0.3) is 0 Å². The van der Waals surface area contributed by atoms with Crippen LogP contribution in [0.15, 0.2) is 54.6 Å². The van der Waals surface area contributed by atoms with Crippen molar-refractivity contribution < 1.29 is 29.0 Å². The zero-order chi connectivity index (χ0) is 24.6. The first kappa shape index (κ1) is 24.7. The number of carboxylic acids is 1. The third-order valence-corrected chi connectivity index (χ3v) is 6.76. The van der Waals surface area contributed by atoms with Crippen LogP contribution >= 0.6 is 0 Å². The molecule has 4 heterocycles. The van der Waals surface area contributed by atoms with Gasteiger partial charge in [0.2, 0.25) is 0 Å². The number of hydrogen-bond donors (Lipinski definition) is 1. The maximum Gasteiger partial charge on any atom is 0.415 e. The van der Waals surface area contributed by atoms with Crippen LogP contribution in [-0.4, -0.2) is 65.2 Å². The molecule has 1 atom stereocenters. The molecule has 35 heavy (non-hydrogen) atoms. The van der Waals surface area contributed by atoms with Crippen molar-refractivity contribution in [2.75, 3.05) is 26.2 Å². The van der Waals surface area contributed by atoms with Gasteiger partial charge in [0.25, 0.3) is 0 Å². The lowest BCUT2D eigenvalue weighted by Crippen LogP contribution is -2.51. The zero-order valence-corrected chi connectivity index (χ0v) is 19.8. The highest BCUT2D eigenvalue weighted by Crippen LogP contribution is 2.29. The average Bonchev–Trinajstić information content (AvgIpc) is 2.89. The second kappa shape index (κ2) is 11.8. The number of esters is 1. The van der Waals surface area contributed by atoms with Crippen molar-refractivity contribution in [2.24, 2.45) is 5.92 Å². The predicted molar refractivity (Wildman–Crippen MR) is 129 cm³/mol. The summed E-state index contributed by atoms with van der Waals surface area (Å²) in [7, 11) is 0. The van der Waals surface area contributed by atoms with Gasteiger partial charge in [-0.05, 0) is 61.5 Å². The van der Waals surface area contributed by atoms with E-state index in [1.807, 2.05) is 30.3 Å². The van der Waals surface area contributed by atoms with Gasteiger partial charge in [0, 0.05) is 19.6 Å². The molecule has 1 N–H and O–H groups in total. The van der Waals surface area contributed by atoms with E-state index in [4.69, 9.17) is 14.6 Å². The van der Waals surface area contributed by atoms with Crippen LogP contribution < -0.4 is 4.74 Å². The molecule has 0 aromatic heterocycles. The van der Waals surface area contributed by atoms with E-state index in [0.29, 0.717) is 24.8 Å². The second-order valence-electron chi connectivity index (χ2n) is 9.18. The minimum atomic E-state index is -0.953. The fraction of sp³-hybridized carbons (Fsp3) is 0.444. The summed E-state index contributed by atoms with van der Waals surface area (Å²) in [5.74, 6) is -0.253. The topological polar surface area (TPSA) is 96.4 Å². The van der Waals surface area contributed by atoms with Gasteiger partial charge >= 0.3 is 18.0 Å². The minimum Gasteiger partial charge on any atom is -0.481 e. The molecule has 3 fully saturated rings. The predicted octanol–water partition coefficient (Wildman–Crippen LogP) is 3.73. The summed E-state index contributed by atoms with van der Waals surface area (Å²) in [6.45, 7) is 4.37. The van der Waals surface area contributed by atoms with Crippen molar-refractivity contribution >= 4 is 18.0 Å². The molecule has 0 radical (unpaired) electrons. The van der Waals surface area contributed by atoms with Crippen LogP contribution in [0.2, 0.25) is 0 Å². The van der Waals surface area contributed by atoms with Gasteiger partial charge < -0.3 is 19.5 Å². The quantitative estimate of drug-likeness (QED) is 0.652. The Morgan fingerprint density at radius 1 is 0.886 bits per heavy atom. The van der Waals surface area contributed by atoms with Crippen LogP contribution in [0.5, 0.6) is 5.75 Å². The summed E-state index contributed by atoms with van der Waals surface area (Å²) in [5.41, 5.74) is 2.53. The molecule has 6 rings (SSSR count). The summed E-state index contributed by atoms with van der Waals surface area (Å²) in [4.78, 5) is 37.8. The van der Waals surface area contributed by atoms with Gasteiger partial charge in [-0.2, -0.15) is 0 Å². The minimum absolute atomic E-state index is 0.0104. The first-order chi connectivity index (χ1) is 17.0. The Morgan fingerprint density at radius 2 is 1.57 bits per heavy atom. The Labute approximate surface area is 205 Å². The Kier molecular flexibility index (Phi) is 8.36. The van der Waals surface area contributed by atoms with E-state index in [-0.39, 0.29) is 31.0 Å². The van der Waals surface area contributed by atoms with Gasteiger partial charge in [-0.25, -0.2) is 4.79 Å². The summed E-state index contributed by atoms with van der Waals surface area (Å²) < 4.78 is 10.7. The highest BCUT2D eigenvalue weighted by atomic mass is 16.6. The number of carbonyl (C=O) groups excluding carboxylic acids is 2. The first-order valence-corrected chi connectivity index (χ1v) is 12.2. The number of carbonyl (C=O) groups is 3. The van der Waals surface area contributed by atoms with Crippen LogP contribution in [0.4, 0.5) is 4.79 Å². The maximum absolute atomic E-state index is 12.1.